The van der Waals surface area contributed by atoms with E-state index in [2.05, 4.69) is 4.98 Å². The van der Waals surface area contributed by atoms with Crippen LogP contribution in [0.15, 0.2) is 12.4 Å². The van der Waals surface area contributed by atoms with Crippen molar-refractivity contribution in [1.82, 2.24) is 15.3 Å². The minimum Gasteiger partial charge on any atom is -0.337 e. The average Bonchev–Trinajstić information content (AvgIpc) is 2.14. The highest BCUT2D eigenvalue weighted by Gasteiger charge is 1.91. The van der Waals surface area contributed by atoms with E-state index < -0.39 is 0 Å². The molecule has 3 heteroatoms. The first-order chi connectivity index (χ1) is 3.84. The van der Waals surface area contributed by atoms with Crippen LogP contribution in [0.25, 0.3) is 0 Å². The molecule has 1 radical (unpaired) electrons. The molecule has 0 atom stereocenters. The zero-order chi connectivity index (χ0) is 5.98. The van der Waals surface area contributed by atoms with Gasteiger partial charge in [0, 0.05) is 19.4 Å². The molecule has 0 saturated heterocycles. The number of rotatable bonds is 1. The first-order valence-corrected chi connectivity index (χ1v) is 2.45. The fourth-order valence-electron chi connectivity index (χ4n) is 0.567. The lowest BCUT2D eigenvalue weighted by Gasteiger charge is -1.92. The van der Waals surface area contributed by atoms with Crippen LogP contribution in [-0.4, -0.2) is 9.55 Å². The Morgan fingerprint density at radius 3 is 2.88 bits per heavy atom. The summed E-state index contributed by atoms with van der Waals surface area (Å²) in [5.74, 6) is 0.810. The maximum Gasteiger partial charge on any atom is 0.123 e. The summed E-state index contributed by atoms with van der Waals surface area (Å²) < 4.78 is 1.84. The normalized spacial score (nSPS) is 9.75. The summed E-state index contributed by atoms with van der Waals surface area (Å²) in [7, 11) is 1.89. The lowest BCUT2D eigenvalue weighted by molar-refractivity contribution is 0.783. The van der Waals surface area contributed by atoms with Gasteiger partial charge in [-0.15, -0.1) is 0 Å². The number of aryl methyl sites for hydroxylation is 1. The molecule has 1 N–H and O–H groups in total. The third kappa shape index (κ3) is 0.721. The van der Waals surface area contributed by atoms with Gasteiger partial charge in [-0.25, -0.2) is 10.7 Å². The molecule has 8 heavy (non-hydrogen) atoms. The number of hydrogen-bond donors (Lipinski definition) is 0. The minimum absolute atomic E-state index is 0.267. The molecule has 0 spiro atoms. The number of nitrogens with one attached hydrogen (secondary N) is 1. The number of aromatic nitrogens is 2. The van der Waals surface area contributed by atoms with E-state index in [1.165, 1.54) is 0 Å². The predicted molar refractivity (Wildman–Crippen MR) is 30.0 cm³/mol. The van der Waals surface area contributed by atoms with Crippen LogP contribution in [0.2, 0.25) is 0 Å². The van der Waals surface area contributed by atoms with Crippen molar-refractivity contribution in [3.8, 4) is 0 Å². The molecule has 0 bridgehead atoms. The van der Waals surface area contributed by atoms with Gasteiger partial charge in [0.05, 0.1) is 6.54 Å². The van der Waals surface area contributed by atoms with Gasteiger partial charge in [-0.05, 0) is 0 Å². The van der Waals surface area contributed by atoms with Crippen LogP contribution in [0.4, 0.5) is 0 Å². The fourth-order valence-corrected chi connectivity index (χ4v) is 0.567. The molecule has 43 valence electrons. The Morgan fingerprint density at radius 1 is 1.88 bits per heavy atom. The lowest BCUT2D eigenvalue weighted by atomic mass is 10.6. The van der Waals surface area contributed by atoms with Crippen LogP contribution in [0, 0.1) is 0 Å². The summed E-state index contributed by atoms with van der Waals surface area (Å²) in [6.45, 7) is 0.267. The molecule has 1 rings (SSSR count). The van der Waals surface area contributed by atoms with E-state index in [-0.39, 0.29) is 6.54 Å². The number of nitrogens with zero attached hydrogens (tertiary/aromatic N) is 2. The van der Waals surface area contributed by atoms with E-state index in [0.29, 0.717) is 0 Å². The van der Waals surface area contributed by atoms with Crippen LogP contribution < -0.4 is 5.73 Å². The fraction of sp³-hybridized carbons (Fsp3) is 0.400. The third-order valence-corrected chi connectivity index (χ3v) is 1.08. The van der Waals surface area contributed by atoms with Gasteiger partial charge in [0.2, 0.25) is 0 Å². The summed E-state index contributed by atoms with van der Waals surface area (Å²) in [5.41, 5.74) is 6.92. The summed E-state index contributed by atoms with van der Waals surface area (Å²) >= 11 is 0. The molecule has 0 saturated carbocycles. The molecule has 0 aliphatic rings. The SMILES string of the molecule is Cn1ccnc1C[NH]. The Morgan fingerprint density at radius 2 is 2.62 bits per heavy atom. The third-order valence-electron chi connectivity index (χ3n) is 1.08. The molecule has 1 aromatic heterocycles. The Kier molecular flexibility index (Phi) is 1.30. The predicted octanol–water partition coefficient (Wildman–Crippen LogP) is 0.203. The maximum absolute atomic E-state index is 6.92. The molecular weight excluding hydrogens is 102 g/mol. The van der Waals surface area contributed by atoms with Crippen molar-refractivity contribution in [3.63, 3.8) is 0 Å². The summed E-state index contributed by atoms with van der Waals surface area (Å²) in [5, 5.41) is 0. The van der Waals surface area contributed by atoms with Gasteiger partial charge in [0.15, 0.2) is 0 Å². The van der Waals surface area contributed by atoms with E-state index in [4.69, 9.17) is 5.73 Å². The first-order valence-electron chi connectivity index (χ1n) is 2.45. The maximum atomic E-state index is 6.92. The highest BCUT2D eigenvalue weighted by atomic mass is 15.0. The quantitative estimate of drug-likeness (QED) is 0.509. The van der Waals surface area contributed by atoms with Gasteiger partial charge in [0.25, 0.3) is 0 Å². The summed E-state index contributed by atoms with van der Waals surface area (Å²) in [6.07, 6.45) is 3.54. The van der Waals surface area contributed by atoms with Gasteiger partial charge in [0.1, 0.15) is 5.82 Å². The zero-order valence-electron chi connectivity index (χ0n) is 4.76. The van der Waals surface area contributed by atoms with Crippen LogP contribution >= 0.6 is 0 Å². The second kappa shape index (κ2) is 1.96. The molecule has 0 fully saturated rings. The molecule has 0 aliphatic heterocycles. The largest absolute Gasteiger partial charge is 0.337 e. The van der Waals surface area contributed by atoms with Gasteiger partial charge >= 0.3 is 0 Å². The van der Waals surface area contributed by atoms with Gasteiger partial charge < -0.3 is 4.57 Å². The number of imidazole rings is 1. The topological polar surface area (TPSA) is 41.6 Å². The van der Waals surface area contributed by atoms with Gasteiger partial charge in [-0.3, -0.25) is 0 Å². The van der Waals surface area contributed by atoms with E-state index in [1.54, 1.807) is 6.20 Å². The van der Waals surface area contributed by atoms with E-state index in [9.17, 15) is 0 Å². The Balaban J connectivity index is 2.92. The zero-order valence-corrected chi connectivity index (χ0v) is 4.76. The molecule has 0 amide bonds. The first kappa shape index (κ1) is 5.31. The minimum atomic E-state index is 0.267. The van der Waals surface area contributed by atoms with Crippen molar-refractivity contribution in [3.05, 3.63) is 18.2 Å². The highest BCUT2D eigenvalue weighted by molar-refractivity contribution is 4.88. The van der Waals surface area contributed by atoms with E-state index in [0.717, 1.165) is 5.82 Å². The standard InChI is InChI=1S/C5H8N3/c1-8-3-2-7-5(8)4-6/h2-3,6H,4H2,1H3. The van der Waals surface area contributed by atoms with Crippen molar-refractivity contribution in [2.24, 2.45) is 7.05 Å². The molecule has 1 heterocycles. The molecule has 0 aromatic carbocycles. The molecule has 3 nitrogen and oxygen atoms in total. The van der Waals surface area contributed by atoms with Crippen LogP contribution in [-0.2, 0) is 13.6 Å². The highest BCUT2D eigenvalue weighted by Crippen LogP contribution is 1.90. The van der Waals surface area contributed by atoms with Crippen molar-refractivity contribution < 1.29 is 0 Å². The van der Waals surface area contributed by atoms with Crippen molar-refractivity contribution in [2.45, 2.75) is 6.54 Å². The summed E-state index contributed by atoms with van der Waals surface area (Å²) in [4.78, 5) is 3.91. The van der Waals surface area contributed by atoms with Crippen LogP contribution in [0.5, 0.6) is 0 Å². The van der Waals surface area contributed by atoms with E-state index in [1.807, 2.05) is 17.8 Å². The summed E-state index contributed by atoms with van der Waals surface area (Å²) in [6, 6.07) is 0. The van der Waals surface area contributed by atoms with Crippen LogP contribution in [0.1, 0.15) is 5.82 Å². The smallest absolute Gasteiger partial charge is 0.123 e. The van der Waals surface area contributed by atoms with E-state index >= 15 is 0 Å². The van der Waals surface area contributed by atoms with Crippen LogP contribution in [0.3, 0.4) is 0 Å². The Hall–Kier alpha value is -0.830. The second-order valence-corrected chi connectivity index (χ2v) is 1.63. The molecular formula is C5H8N3. The Labute approximate surface area is 48.1 Å². The monoisotopic (exact) mass is 110 g/mol. The van der Waals surface area contributed by atoms with Crippen molar-refractivity contribution in [2.75, 3.05) is 0 Å². The lowest BCUT2D eigenvalue weighted by Crippen LogP contribution is -1.96. The second-order valence-electron chi connectivity index (χ2n) is 1.63. The molecule has 0 aliphatic carbocycles. The number of hydrogen-bond acceptors (Lipinski definition) is 1. The van der Waals surface area contributed by atoms with Gasteiger partial charge in [-0.2, -0.15) is 0 Å². The van der Waals surface area contributed by atoms with Gasteiger partial charge in [-0.1, -0.05) is 0 Å². The molecule has 1 aromatic rings. The molecule has 0 unspecified atom stereocenters. The van der Waals surface area contributed by atoms with Crippen molar-refractivity contribution >= 4 is 0 Å². The average molecular weight is 110 g/mol. The Bertz CT molecular complexity index is 168. The van der Waals surface area contributed by atoms with Crippen molar-refractivity contribution in [1.29, 1.82) is 0 Å².